The number of furan rings is 2. The molecule has 0 spiro atoms. The molecule has 0 unspecified atom stereocenters. The lowest BCUT2D eigenvalue weighted by atomic mass is 9.87. The molecule has 0 saturated heterocycles. The first-order chi connectivity index (χ1) is 22.7. The summed E-state index contributed by atoms with van der Waals surface area (Å²) in [6.45, 7) is 0. The molecule has 7 aromatic carbocycles. The second-order valence-corrected chi connectivity index (χ2v) is 11.6. The highest BCUT2D eigenvalue weighted by molar-refractivity contribution is 6.14. The Bertz CT molecular complexity index is 2650. The fourth-order valence-electron chi connectivity index (χ4n) is 6.80. The van der Waals surface area contributed by atoms with E-state index in [-0.39, 0.29) is 0 Å². The van der Waals surface area contributed by atoms with E-state index in [1.54, 1.807) is 0 Å². The molecule has 0 atom stereocenters. The average Bonchev–Trinajstić information content (AvgIpc) is 3.70. The van der Waals surface area contributed by atoms with Crippen LogP contribution in [0.3, 0.4) is 0 Å². The minimum Gasteiger partial charge on any atom is -0.456 e. The Morgan fingerprint density at radius 1 is 0.391 bits per heavy atom. The van der Waals surface area contributed by atoms with Crippen molar-refractivity contribution in [2.75, 3.05) is 0 Å². The van der Waals surface area contributed by atoms with Crippen molar-refractivity contribution in [3.63, 3.8) is 0 Å². The molecular formula is C43H25NO2. The molecule has 0 N–H and O–H groups in total. The van der Waals surface area contributed by atoms with E-state index in [2.05, 4.69) is 84.9 Å². The van der Waals surface area contributed by atoms with Crippen LogP contribution in [0.15, 0.2) is 160 Å². The fourth-order valence-corrected chi connectivity index (χ4v) is 6.80. The van der Waals surface area contributed by atoms with Gasteiger partial charge < -0.3 is 8.83 Å². The molecule has 0 amide bonds. The number of hydrogen-bond donors (Lipinski definition) is 0. The molecule has 9 aromatic rings. The summed E-state index contributed by atoms with van der Waals surface area (Å²) in [5.41, 5.74) is 12.3. The van der Waals surface area contributed by atoms with Crippen molar-refractivity contribution in [3.05, 3.63) is 157 Å². The zero-order valence-corrected chi connectivity index (χ0v) is 24.7. The molecule has 0 aliphatic heterocycles. The molecule has 214 valence electrons. The molecule has 46 heavy (non-hydrogen) atoms. The average molecular weight is 588 g/mol. The highest BCUT2D eigenvalue weighted by Crippen LogP contribution is 2.44. The van der Waals surface area contributed by atoms with Crippen molar-refractivity contribution in [3.8, 4) is 50.6 Å². The van der Waals surface area contributed by atoms with Crippen molar-refractivity contribution in [1.82, 2.24) is 0 Å². The van der Waals surface area contributed by atoms with Crippen LogP contribution in [0.5, 0.6) is 0 Å². The van der Waals surface area contributed by atoms with Gasteiger partial charge in [-0.15, -0.1) is 0 Å². The third kappa shape index (κ3) is 4.13. The summed E-state index contributed by atoms with van der Waals surface area (Å²) in [7, 11) is 0. The summed E-state index contributed by atoms with van der Waals surface area (Å²) in [5, 5.41) is 14.5. The van der Waals surface area contributed by atoms with Crippen molar-refractivity contribution >= 4 is 43.9 Å². The number of para-hydroxylation sites is 3. The first kappa shape index (κ1) is 26.1. The lowest BCUT2D eigenvalue weighted by molar-refractivity contribution is 0.669. The summed E-state index contributed by atoms with van der Waals surface area (Å²) in [6.07, 6.45) is 0. The van der Waals surface area contributed by atoms with Gasteiger partial charge in [-0.25, -0.2) is 0 Å². The Labute approximate surface area is 265 Å². The fraction of sp³-hybridized carbons (Fsp3) is 0. The van der Waals surface area contributed by atoms with Crippen LogP contribution in [0, 0.1) is 11.3 Å². The van der Waals surface area contributed by atoms with Gasteiger partial charge in [-0.3, -0.25) is 0 Å². The van der Waals surface area contributed by atoms with Crippen LogP contribution in [-0.4, -0.2) is 0 Å². The Kier molecular flexibility index (Phi) is 5.88. The molecular weight excluding hydrogens is 562 g/mol. The highest BCUT2D eigenvalue weighted by atomic mass is 16.3. The maximum Gasteiger partial charge on any atom is 0.143 e. The van der Waals surface area contributed by atoms with E-state index in [4.69, 9.17) is 8.83 Å². The normalized spacial score (nSPS) is 11.5. The van der Waals surface area contributed by atoms with Crippen molar-refractivity contribution < 1.29 is 8.83 Å². The summed E-state index contributed by atoms with van der Waals surface area (Å²) < 4.78 is 12.8. The van der Waals surface area contributed by atoms with E-state index < -0.39 is 0 Å². The monoisotopic (exact) mass is 587 g/mol. The Morgan fingerprint density at radius 3 is 1.91 bits per heavy atom. The third-order valence-electron chi connectivity index (χ3n) is 8.91. The summed E-state index contributed by atoms with van der Waals surface area (Å²) in [5.74, 6) is 0. The van der Waals surface area contributed by atoms with Crippen LogP contribution in [0.4, 0.5) is 0 Å². The predicted octanol–water partition coefficient (Wildman–Crippen LogP) is 12.0. The van der Waals surface area contributed by atoms with Gasteiger partial charge in [-0.1, -0.05) is 109 Å². The quantitative estimate of drug-likeness (QED) is 0.206. The van der Waals surface area contributed by atoms with E-state index in [1.807, 2.05) is 72.8 Å². The first-order valence-electron chi connectivity index (χ1n) is 15.3. The van der Waals surface area contributed by atoms with E-state index in [0.717, 1.165) is 88.4 Å². The molecule has 0 bridgehead atoms. The lowest BCUT2D eigenvalue weighted by Gasteiger charge is -2.15. The number of rotatable bonds is 4. The van der Waals surface area contributed by atoms with Gasteiger partial charge >= 0.3 is 0 Å². The summed E-state index contributed by atoms with van der Waals surface area (Å²) >= 11 is 0. The number of nitriles is 1. The maximum atomic E-state index is 10.1. The van der Waals surface area contributed by atoms with Gasteiger partial charge in [0.1, 0.15) is 22.3 Å². The van der Waals surface area contributed by atoms with E-state index >= 15 is 0 Å². The van der Waals surface area contributed by atoms with E-state index in [0.29, 0.717) is 5.56 Å². The molecule has 3 heteroatoms. The van der Waals surface area contributed by atoms with Gasteiger partial charge in [0.05, 0.1) is 11.6 Å². The van der Waals surface area contributed by atoms with E-state index in [1.165, 1.54) is 0 Å². The molecule has 2 heterocycles. The molecule has 9 rings (SSSR count). The van der Waals surface area contributed by atoms with Crippen LogP contribution in [0.2, 0.25) is 0 Å². The van der Waals surface area contributed by atoms with Crippen LogP contribution < -0.4 is 0 Å². The third-order valence-corrected chi connectivity index (χ3v) is 8.91. The number of fused-ring (bicyclic) bond motifs is 6. The smallest absolute Gasteiger partial charge is 0.143 e. The second-order valence-electron chi connectivity index (χ2n) is 11.6. The molecule has 0 fully saturated rings. The predicted molar refractivity (Wildman–Crippen MR) is 187 cm³/mol. The Morgan fingerprint density at radius 2 is 1.07 bits per heavy atom. The van der Waals surface area contributed by atoms with Gasteiger partial charge in [-0.05, 0) is 81.4 Å². The zero-order chi connectivity index (χ0) is 30.6. The van der Waals surface area contributed by atoms with E-state index in [9.17, 15) is 5.26 Å². The van der Waals surface area contributed by atoms with Crippen molar-refractivity contribution in [1.29, 1.82) is 5.26 Å². The summed E-state index contributed by atoms with van der Waals surface area (Å²) in [4.78, 5) is 0. The maximum absolute atomic E-state index is 10.1. The molecule has 0 aliphatic rings. The second kappa shape index (κ2) is 10.4. The largest absolute Gasteiger partial charge is 0.456 e. The minimum absolute atomic E-state index is 0.609. The first-order valence-corrected chi connectivity index (χ1v) is 15.3. The van der Waals surface area contributed by atoms with Crippen LogP contribution in [-0.2, 0) is 0 Å². The highest BCUT2D eigenvalue weighted by Gasteiger charge is 2.19. The van der Waals surface area contributed by atoms with Gasteiger partial charge in [0.15, 0.2) is 0 Å². The minimum atomic E-state index is 0.609. The van der Waals surface area contributed by atoms with Gasteiger partial charge in [0.2, 0.25) is 0 Å². The Balaban J connectivity index is 1.35. The lowest BCUT2D eigenvalue weighted by Crippen LogP contribution is -1.91. The topological polar surface area (TPSA) is 50.1 Å². The van der Waals surface area contributed by atoms with Gasteiger partial charge in [-0.2, -0.15) is 5.26 Å². The van der Waals surface area contributed by atoms with Gasteiger partial charge in [0, 0.05) is 27.1 Å². The molecule has 0 saturated carbocycles. The molecule has 0 aliphatic carbocycles. The Hall–Kier alpha value is -6.37. The van der Waals surface area contributed by atoms with Gasteiger partial charge in [0.25, 0.3) is 0 Å². The van der Waals surface area contributed by atoms with Crippen LogP contribution in [0.1, 0.15) is 5.56 Å². The number of hydrogen-bond acceptors (Lipinski definition) is 3. The van der Waals surface area contributed by atoms with Crippen molar-refractivity contribution in [2.45, 2.75) is 0 Å². The SMILES string of the molecule is N#Cc1cc(-c2ccccc2)cc(-c2cc(-c3cccc4oc5ccccc5c34)ccc2-c2cccc3c2oc2ccccc23)c1. The summed E-state index contributed by atoms with van der Waals surface area (Å²) in [6, 6.07) is 54.3. The standard InChI is InChI=1S/C43H25NO2/c44-26-27-22-30(28-10-2-1-3-11-28)24-31(23-27)38-25-29(32-14-9-19-41-42(32)37-13-5-7-18-40(37)45-41)20-21-33(38)35-15-8-16-36-34-12-4-6-17-39(34)46-43(35)36/h1-25H. The van der Waals surface area contributed by atoms with Crippen LogP contribution >= 0.6 is 0 Å². The number of benzene rings is 7. The van der Waals surface area contributed by atoms with Crippen LogP contribution in [0.25, 0.3) is 88.4 Å². The molecule has 2 aromatic heterocycles. The van der Waals surface area contributed by atoms with Crippen molar-refractivity contribution in [2.24, 2.45) is 0 Å². The molecule has 0 radical (unpaired) electrons. The number of nitrogens with zero attached hydrogens (tertiary/aromatic N) is 1. The zero-order valence-electron chi connectivity index (χ0n) is 24.7. The molecule has 3 nitrogen and oxygen atoms in total.